The first-order valence-corrected chi connectivity index (χ1v) is 22.1. The summed E-state index contributed by atoms with van der Waals surface area (Å²) >= 11 is 0. The molecule has 0 spiro atoms. The molecule has 3 nitrogen and oxygen atoms in total. The summed E-state index contributed by atoms with van der Waals surface area (Å²) in [5, 5.41) is 5.44. The molecule has 0 radical (unpaired) electrons. The molecule has 0 aliphatic carbocycles. The summed E-state index contributed by atoms with van der Waals surface area (Å²) in [6.45, 7) is 4.31. The first-order chi connectivity index (χ1) is 31.6. The van der Waals surface area contributed by atoms with Gasteiger partial charge in [-0.3, -0.25) is 4.99 Å². The molecule has 3 heteroatoms. The van der Waals surface area contributed by atoms with Crippen LogP contribution in [0.3, 0.4) is 0 Å². The molecule has 10 rings (SSSR count). The SMILES string of the molecule is Cc1cccc(C)c1C1N=C(c2cccc(C(c3ccccc3)(c3ccccc3)c3ccccc3)c2)N=C(c2cccc(C(c3ccccc3)(c3ccccc3)c3ccccc3)c2)[N-]1. The number of hydrogen-bond donors (Lipinski definition) is 0. The summed E-state index contributed by atoms with van der Waals surface area (Å²) in [7, 11) is 0. The van der Waals surface area contributed by atoms with Crippen molar-refractivity contribution in [2.45, 2.75) is 30.8 Å². The second-order valence-electron chi connectivity index (χ2n) is 16.6. The zero-order valence-corrected chi connectivity index (χ0v) is 36.1. The van der Waals surface area contributed by atoms with E-state index in [0.717, 1.165) is 38.9 Å². The Kier molecular flexibility index (Phi) is 11.0. The fourth-order valence-electron chi connectivity index (χ4n) is 9.97. The van der Waals surface area contributed by atoms with Crippen molar-refractivity contribution in [3.8, 4) is 0 Å². The maximum Gasteiger partial charge on any atom is 0.0827 e. The molecule has 0 amide bonds. The fraction of sp³-hybridized carbons (Fsp3) is 0.0820. The largest absolute Gasteiger partial charge is 0.438 e. The molecule has 0 saturated heterocycles. The molecular weight excluding hydrogens is 775 g/mol. The maximum atomic E-state index is 5.44. The van der Waals surface area contributed by atoms with E-state index >= 15 is 0 Å². The van der Waals surface area contributed by atoms with Crippen molar-refractivity contribution < 1.29 is 0 Å². The second-order valence-corrected chi connectivity index (χ2v) is 16.6. The molecular formula is C61H48N3-. The molecule has 0 saturated carbocycles. The Morgan fingerprint density at radius 1 is 0.344 bits per heavy atom. The van der Waals surface area contributed by atoms with Gasteiger partial charge in [-0.1, -0.05) is 248 Å². The van der Waals surface area contributed by atoms with Crippen LogP contribution in [-0.2, 0) is 10.8 Å². The number of rotatable bonds is 11. The van der Waals surface area contributed by atoms with Crippen molar-refractivity contribution in [3.05, 3.63) is 326 Å². The van der Waals surface area contributed by atoms with Crippen LogP contribution in [0.5, 0.6) is 0 Å². The summed E-state index contributed by atoms with van der Waals surface area (Å²) in [6.07, 6.45) is -0.500. The molecule has 1 atom stereocenters. The number of aryl methyl sites for hydroxylation is 2. The summed E-state index contributed by atoms with van der Waals surface area (Å²) < 4.78 is 0. The normalized spacial score (nSPS) is 13.9. The Morgan fingerprint density at radius 3 is 1.03 bits per heavy atom. The van der Waals surface area contributed by atoms with Gasteiger partial charge in [0, 0.05) is 0 Å². The number of benzene rings is 9. The number of amidine groups is 2. The van der Waals surface area contributed by atoms with E-state index in [-0.39, 0.29) is 0 Å². The second kappa shape index (κ2) is 17.5. The average molecular weight is 823 g/mol. The smallest absolute Gasteiger partial charge is 0.0827 e. The van der Waals surface area contributed by atoms with Crippen LogP contribution in [0.2, 0.25) is 0 Å². The lowest BCUT2D eigenvalue weighted by atomic mass is 9.65. The third-order valence-corrected chi connectivity index (χ3v) is 12.8. The minimum atomic E-state index is -0.623. The molecule has 9 aromatic carbocycles. The van der Waals surface area contributed by atoms with Crippen LogP contribution in [-0.4, -0.2) is 11.7 Å². The van der Waals surface area contributed by atoms with Crippen LogP contribution < -0.4 is 0 Å². The monoisotopic (exact) mass is 822 g/mol. The van der Waals surface area contributed by atoms with Crippen LogP contribution in [0.1, 0.15) is 78.5 Å². The number of hydrogen-bond acceptors (Lipinski definition) is 2. The van der Waals surface area contributed by atoms with Gasteiger partial charge < -0.3 is 10.3 Å². The van der Waals surface area contributed by atoms with Gasteiger partial charge in [0.05, 0.1) is 22.8 Å². The van der Waals surface area contributed by atoms with Crippen molar-refractivity contribution in [2.24, 2.45) is 9.98 Å². The standard InChI is InChI=1S/C61H48N3/c1-44-24-21-25-45(2)56(44)59-63-57(46-26-22-40-54(42-46)60(48-28-9-3-10-29-48,49-30-11-4-12-31-49)50-32-13-5-14-33-50)62-58(64-59)47-27-23-41-55(43-47)61(51-34-15-6-16-35-51,52-36-17-7-18-37-52)53-38-19-8-20-39-53/h3-43,59H,1-2H3/q-1. The molecule has 1 unspecified atom stereocenters. The van der Waals surface area contributed by atoms with Crippen molar-refractivity contribution in [1.82, 2.24) is 0 Å². The molecule has 1 aliphatic rings. The Morgan fingerprint density at radius 2 is 0.656 bits per heavy atom. The van der Waals surface area contributed by atoms with Crippen LogP contribution >= 0.6 is 0 Å². The van der Waals surface area contributed by atoms with E-state index in [2.05, 4.69) is 263 Å². The van der Waals surface area contributed by atoms with Gasteiger partial charge in [0.15, 0.2) is 0 Å². The minimum absolute atomic E-state index is 0.500. The molecule has 308 valence electrons. The van der Waals surface area contributed by atoms with Gasteiger partial charge in [0.1, 0.15) is 0 Å². The van der Waals surface area contributed by atoms with E-state index in [9.17, 15) is 0 Å². The van der Waals surface area contributed by atoms with Gasteiger partial charge in [-0.15, -0.1) is 0 Å². The van der Waals surface area contributed by atoms with E-state index in [1.807, 2.05) is 0 Å². The van der Waals surface area contributed by atoms with Gasteiger partial charge >= 0.3 is 0 Å². The van der Waals surface area contributed by atoms with E-state index in [1.54, 1.807) is 0 Å². The van der Waals surface area contributed by atoms with Gasteiger partial charge in [-0.05, 0) is 92.2 Å². The average Bonchev–Trinajstić information content (AvgIpc) is 3.37. The van der Waals surface area contributed by atoms with Crippen molar-refractivity contribution in [3.63, 3.8) is 0 Å². The highest BCUT2D eigenvalue weighted by Gasteiger charge is 2.40. The van der Waals surface area contributed by atoms with E-state index < -0.39 is 17.0 Å². The van der Waals surface area contributed by atoms with Gasteiger partial charge in [0.2, 0.25) is 0 Å². The lowest BCUT2D eigenvalue weighted by Gasteiger charge is -2.38. The van der Waals surface area contributed by atoms with Gasteiger partial charge in [-0.2, -0.15) is 0 Å². The zero-order chi connectivity index (χ0) is 43.4. The van der Waals surface area contributed by atoms with Gasteiger partial charge in [-0.25, -0.2) is 0 Å². The zero-order valence-electron chi connectivity index (χ0n) is 36.1. The van der Waals surface area contributed by atoms with Crippen LogP contribution in [0.25, 0.3) is 5.32 Å². The molecule has 64 heavy (non-hydrogen) atoms. The molecule has 0 bridgehead atoms. The lowest BCUT2D eigenvalue weighted by Crippen LogP contribution is -2.31. The first kappa shape index (κ1) is 40.2. The number of aliphatic imine (C=N–C) groups is 2. The highest BCUT2D eigenvalue weighted by Crippen LogP contribution is 2.47. The summed E-state index contributed by atoms with van der Waals surface area (Å²) in [4.78, 5) is 10.9. The fourth-order valence-corrected chi connectivity index (χ4v) is 9.97. The van der Waals surface area contributed by atoms with Gasteiger partial charge in [0.25, 0.3) is 0 Å². The topological polar surface area (TPSA) is 38.8 Å². The quantitative estimate of drug-likeness (QED) is 0.117. The van der Waals surface area contributed by atoms with E-state index in [1.165, 1.54) is 33.4 Å². The maximum absolute atomic E-state index is 5.44. The Labute approximate surface area is 377 Å². The molecule has 0 fully saturated rings. The predicted octanol–water partition coefficient (Wildman–Crippen LogP) is 14.3. The molecule has 9 aromatic rings. The molecule has 1 aliphatic heterocycles. The number of nitrogens with zero attached hydrogens (tertiary/aromatic N) is 3. The third kappa shape index (κ3) is 7.15. The predicted molar refractivity (Wildman–Crippen MR) is 265 cm³/mol. The highest BCUT2D eigenvalue weighted by atomic mass is 15.2. The van der Waals surface area contributed by atoms with Crippen LogP contribution in [0.4, 0.5) is 0 Å². The first-order valence-electron chi connectivity index (χ1n) is 22.1. The van der Waals surface area contributed by atoms with E-state index in [0.29, 0.717) is 11.7 Å². The third-order valence-electron chi connectivity index (χ3n) is 12.8. The van der Waals surface area contributed by atoms with Crippen LogP contribution in [0, 0.1) is 13.8 Å². The summed E-state index contributed by atoms with van der Waals surface area (Å²) in [5.41, 5.74) is 13.3. The van der Waals surface area contributed by atoms with E-state index in [4.69, 9.17) is 15.3 Å². The molecule has 0 aromatic heterocycles. The summed E-state index contributed by atoms with van der Waals surface area (Å²) in [6, 6.07) is 89.1. The highest BCUT2D eigenvalue weighted by molar-refractivity contribution is 6.19. The lowest BCUT2D eigenvalue weighted by molar-refractivity contribution is 0.744. The van der Waals surface area contributed by atoms with Crippen molar-refractivity contribution in [2.75, 3.05) is 0 Å². The van der Waals surface area contributed by atoms with Crippen molar-refractivity contribution in [1.29, 1.82) is 0 Å². The minimum Gasteiger partial charge on any atom is -0.438 e. The Balaban J connectivity index is 1.19. The molecule has 1 heterocycles. The Bertz CT molecular complexity index is 2860. The van der Waals surface area contributed by atoms with Crippen LogP contribution in [0.15, 0.2) is 259 Å². The molecule has 0 N–H and O–H groups in total. The van der Waals surface area contributed by atoms with Crippen molar-refractivity contribution >= 4 is 11.7 Å². The summed E-state index contributed by atoms with van der Waals surface area (Å²) in [5.74, 6) is 1.29. The Hall–Kier alpha value is -7.88.